The van der Waals surface area contributed by atoms with Gasteiger partial charge in [0.2, 0.25) is 0 Å². The molecule has 3 N–H and O–H groups in total. The Labute approximate surface area is 111 Å². The molecule has 0 aliphatic rings. The molecule has 76 valence electrons. The van der Waals surface area contributed by atoms with Crippen molar-refractivity contribution >= 4 is 57.4 Å². The summed E-state index contributed by atoms with van der Waals surface area (Å²) in [5, 5.41) is 28.5. The van der Waals surface area contributed by atoms with E-state index >= 15 is 0 Å². The van der Waals surface area contributed by atoms with Crippen LogP contribution in [0.3, 0.4) is 0 Å². The molecule has 13 heavy (non-hydrogen) atoms. The van der Waals surface area contributed by atoms with Crippen LogP contribution in [0.2, 0.25) is 0 Å². The first-order valence-electron chi connectivity index (χ1n) is 2.42. The van der Waals surface area contributed by atoms with E-state index in [0.717, 1.165) is 13.8 Å². The van der Waals surface area contributed by atoms with Gasteiger partial charge >= 0.3 is 45.5 Å². The average molecular weight is 273 g/mol. The monoisotopic (exact) mass is 273 g/mol. The van der Waals surface area contributed by atoms with Gasteiger partial charge in [0.1, 0.15) is 0 Å². The van der Waals surface area contributed by atoms with Crippen LogP contribution in [-0.2, 0) is 9.59 Å². The molecular formula is C4H11NO7Sr. The quantitative estimate of drug-likeness (QED) is 0.289. The van der Waals surface area contributed by atoms with Crippen molar-refractivity contribution < 1.29 is 30.1 Å². The summed E-state index contributed by atoms with van der Waals surface area (Å²) < 4.78 is 0. The first-order chi connectivity index (χ1) is 5.20. The molecule has 0 unspecified atom stereocenters. The second kappa shape index (κ2) is 17.6. The Morgan fingerprint density at radius 2 is 1.15 bits per heavy atom. The van der Waals surface area contributed by atoms with Gasteiger partial charge in [-0.05, 0) is 0 Å². The molecule has 0 bridgehead atoms. The van der Waals surface area contributed by atoms with Gasteiger partial charge in [-0.3, -0.25) is 9.59 Å². The van der Waals surface area contributed by atoms with Gasteiger partial charge in [0, 0.05) is 13.8 Å². The number of carboxylic acid groups (broad SMARTS) is 2. The van der Waals surface area contributed by atoms with E-state index in [1.165, 1.54) is 0 Å². The third-order valence-corrected chi connectivity index (χ3v) is 0. The van der Waals surface area contributed by atoms with Crippen LogP contribution in [0.15, 0.2) is 0 Å². The minimum absolute atomic E-state index is 0. The molecule has 0 heterocycles. The van der Waals surface area contributed by atoms with Crippen LogP contribution in [0.5, 0.6) is 0 Å². The minimum atomic E-state index is -1.50. The van der Waals surface area contributed by atoms with Crippen molar-refractivity contribution in [1.82, 2.24) is 0 Å². The fraction of sp³-hybridized carbons (Fsp3) is 0.500. The summed E-state index contributed by atoms with van der Waals surface area (Å²) in [4.78, 5) is 26.4. The Balaban J connectivity index is -0.0000000450. The molecule has 0 radical (unpaired) electrons. The summed E-state index contributed by atoms with van der Waals surface area (Å²) in [6.45, 7) is 2.17. The molecule has 0 aromatic carbocycles. The van der Waals surface area contributed by atoms with Gasteiger partial charge in [-0.1, -0.05) is 0 Å². The van der Waals surface area contributed by atoms with Gasteiger partial charge in [0.15, 0.2) is 0 Å². The molecule has 0 fully saturated rings. The number of hydrogen-bond acceptors (Lipinski definition) is 4. The SMILES string of the molecule is CC(=O)O.CC(=O)O.O=[N+]([O-])O.[SrH2]. The molecule has 0 spiro atoms. The van der Waals surface area contributed by atoms with E-state index in [4.69, 9.17) is 35.1 Å². The number of nitrogens with zero attached hydrogens (tertiary/aromatic N) is 1. The summed E-state index contributed by atoms with van der Waals surface area (Å²) in [6, 6.07) is 0. The molecule has 0 aromatic heterocycles. The maximum absolute atomic E-state index is 9.00. The van der Waals surface area contributed by atoms with Gasteiger partial charge in [0.05, 0.1) is 0 Å². The predicted molar refractivity (Wildman–Crippen MR) is 43.9 cm³/mol. The maximum atomic E-state index is 9.00. The van der Waals surface area contributed by atoms with Crippen LogP contribution in [0.4, 0.5) is 0 Å². The Morgan fingerprint density at radius 3 is 1.15 bits per heavy atom. The summed E-state index contributed by atoms with van der Waals surface area (Å²) in [7, 11) is 0. The standard InChI is InChI=1S/2C2H4O2.HNO3.Sr.2H/c2*1-2(3)4;2-1(3)4;;;/h2*1H3,(H,3,4);(H,2,3,4);;;. The van der Waals surface area contributed by atoms with Gasteiger partial charge in [-0.15, -0.1) is 10.1 Å². The third kappa shape index (κ3) is 7470. The molecule has 0 rings (SSSR count). The Kier molecular flexibility index (Phi) is 31.1. The topological polar surface area (TPSA) is 138 Å². The molecule has 0 saturated carbocycles. The van der Waals surface area contributed by atoms with Crippen LogP contribution >= 0.6 is 0 Å². The summed E-state index contributed by atoms with van der Waals surface area (Å²) in [6.07, 6.45) is 0. The van der Waals surface area contributed by atoms with Gasteiger partial charge in [-0.2, -0.15) is 0 Å². The fourth-order valence-electron chi connectivity index (χ4n) is 0. The van der Waals surface area contributed by atoms with Gasteiger partial charge in [-0.25, -0.2) is 0 Å². The van der Waals surface area contributed by atoms with Crippen molar-refractivity contribution in [3.8, 4) is 0 Å². The summed E-state index contributed by atoms with van der Waals surface area (Å²) >= 11 is 0. The van der Waals surface area contributed by atoms with E-state index in [1.807, 2.05) is 0 Å². The third-order valence-electron chi connectivity index (χ3n) is 0. The Morgan fingerprint density at radius 1 is 1.15 bits per heavy atom. The van der Waals surface area contributed by atoms with Crippen molar-refractivity contribution in [2.75, 3.05) is 0 Å². The number of carbonyl (C=O) groups is 2. The van der Waals surface area contributed by atoms with Gasteiger partial charge in [0.25, 0.3) is 17.0 Å². The fourth-order valence-corrected chi connectivity index (χ4v) is 0. The second-order valence-electron chi connectivity index (χ2n) is 1.28. The van der Waals surface area contributed by atoms with E-state index in [0.29, 0.717) is 0 Å². The zero-order valence-corrected chi connectivity index (χ0v) is 6.42. The molecule has 0 saturated heterocycles. The van der Waals surface area contributed by atoms with Crippen molar-refractivity contribution in [3.63, 3.8) is 0 Å². The van der Waals surface area contributed by atoms with Crippen molar-refractivity contribution in [3.05, 3.63) is 10.1 Å². The van der Waals surface area contributed by atoms with E-state index in [1.54, 1.807) is 0 Å². The molecule has 0 aromatic rings. The predicted octanol–water partition coefficient (Wildman–Crippen LogP) is -1.08. The zero-order valence-electron chi connectivity index (χ0n) is 6.42. The second-order valence-corrected chi connectivity index (χ2v) is 1.28. The normalized spacial score (nSPS) is 5.69. The van der Waals surface area contributed by atoms with E-state index in [-0.39, 0.29) is 45.5 Å². The van der Waals surface area contributed by atoms with E-state index in [2.05, 4.69) is 0 Å². The Hall–Kier alpha value is -0.379. The van der Waals surface area contributed by atoms with Crippen LogP contribution in [0, 0.1) is 10.1 Å². The molecule has 8 nitrogen and oxygen atoms in total. The number of carboxylic acids is 2. The molecule has 0 aliphatic carbocycles. The molecule has 0 aliphatic heterocycles. The van der Waals surface area contributed by atoms with Crippen LogP contribution in [0.1, 0.15) is 13.8 Å². The number of rotatable bonds is 0. The Bertz CT molecular complexity index is 118. The van der Waals surface area contributed by atoms with Crippen molar-refractivity contribution in [2.24, 2.45) is 0 Å². The number of aliphatic carboxylic acids is 2. The molecular weight excluding hydrogens is 262 g/mol. The first kappa shape index (κ1) is 22.9. The van der Waals surface area contributed by atoms with Crippen LogP contribution in [0.25, 0.3) is 0 Å². The average Bonchev–Trinajstić information content (AvgIpc) is 1.54. The van der Waals surface area contributed by atoms with Crippen molar-refractivity contribution in [1.29, 1.82) is 0 Å². The zero-order chi connectivity index (χ0) is 10.7. The summed E-state index contributed by atoms with van der Waals surface area (Å²) in [5.41, 5.74) is 0. The van der Waals surface area contributed by atoms with E-state index < -0.39 is 17.0 Å². The summed E-state index contributed by atoms with van der Waals surface area (Å²) in [5.74, 6) is -1.67. The van der Waals surface area contributed by atoms with Crippen LogP contribution < -0.4 is 0 Å². The first-order valence-corrected chi connectivity index (χ1v) is 2.42. The van der Waals surface area contributed by atoms with E-state index in [9.17, 15) is 0 Å². The van der Waals surface area contributed by atoms with Gasteiger partial charge < -0.3 is 15.4 Å². The molecule has 9 heteroatoms. The molecule has 0 amide bonds. The van der Waals surface area contributed by atoms with Crippen molar-refractivity contribution in [2.45, 2.75) is 13.8 Å². The van der Waals surface area contributed by atoms with Crippen LogP contribution in [-0.4, -0.2) is 77.9 Å². The number of hydrogen-bond donors (Lipinski definition) is 3. The molecule has 0 atom stereocenters.